The molecule has 3 aromatic rings. The lowest BCUT2D eigenvalue weighted by Crippen LogP contribution is -2.26. The van der Waals surface area contributed by atoms with Crippen molar-refractivity contribution in [3.05, 3.63) is 70.3 Å². The molecule has 1 amide bonds. The second kappa shape index (κ2) is 5.44. The molecule has 0 spiro atoms. The smallest absolute Gasteiger partial charge is 0.273 e. The zero-order chi connectivity index (χ0) is 15.7. The van der Waals surface area contributed by atoms with Crippen LogP contribution in [-0.2, 0) is 7.05 Å². The van der Waals surface area contributed by atoms with E-state index in [1.165, 1.54) is 4.57 Å². The van der Waals surface area contributed by atoms with Crippen molar-refractivity contribution in [2.45, 2.75) is 6.92 Å². The molecule has 0 aliphatic heterocycles. The normalized spacial score (nSPS) is 10.6. The molecule has 0 unspecified atom stereocenters. The molecule has 0 bridgehead atoms. The van der Waals surface area contributed by atoms with E-state index < -0.39 is 0 Å². The summed E-state index contributed by atoms with van der Waals surface area (Å²) in [6.45, 7) is 1.93. The number of fused-ring (bicyclic) bond motifs is 1. The molecule has 0 radical (unpaired) electrons. The zero-order valence-corrected chi connectivity index (χ0v) is 12.3. The molecule has 0 saturated carbocycles. The minimum absolute atomic E-state index is 0.188. The third-order valence-electron chi connectivity index (χ3n) is 3.54. The number of hydrogen-bond acceptors (Lipinski definition) is 3. The van der Waals surface area contributed by atoms with Gasteiger partial charge in [0.25, 0.3) is 11.5 Å². The van der Waals surface area contributed by atoms with Gasteiger partial charge in [-0.2, -0.15) is 0 Å². The third-order valence-corrected chi connectivity index (χ3v) is 3.54. The van der Waals surface area contributed by atoms with Gasteiger partial charge < -0.3 is 9.88 Å². The lowest BCUT2D eigenvalue weighted by atomic mass is 10.1. The van der Waals surface area contributed by atoms with Gasteiger partial charge in [-0.15, -0.1) is 0 Å². The molecule has 0 aliphatic rings. The highest BCUT2D eigenvalue weighted by molar-refractivity contribution is 6.04. The van der Waals surface area contributed by atoms with Gasteiger partial charge in [0.05, 0.1) is 0 Å². The summed E-state index contributed by atoms with van der Waals surface area (Å²) in [4.78, 5) is 28.9. The van der Waals surface area contributed by atoms with Crippen LogP contribution in [0.25, 0.3) is 10.8 Å². The van der Waals surface area contributed by atoms with Crippen molar-refractivity contribution < 1.29 is 4.79 Å². The fourth-order valence-corrected chi connectivity index (χ4v) is 2.35. The van der Waals surface area contributed by atoms with E-state index in [2.05, 4.69) is 10.3 Å². The lowest BCUT2D eigenvalue weighted by Gasteiger charge is -2.10. The van der Waals surface area contributed by atoms with E-state index in [9.17, 15) is 9.59 Å². The monoisotopic (exact) mass is 293 g/mol. The van der Waals surface area contributed by atoms with Gasteiger partial charge >= 0.3 is 0 Å². The van der Waals surface area contributed by atoms with Gasteiger partial charge in [0.15, 0.2) is 0 Å². The second-order valence-corrected chi connectivity index (χ2v) is 5.15. The van der Waals surface area contributed by atoms with Crippen LogP contribution in [0.3, 0.4) is 0 Å². The number of rotatable bonds is 2. The van der Waals surface area contributed by atoms with E-state index in [1.54, 1.807) is 37.5 Å². The molecule has 2 aromatic heterocycles. The maximum atomic E-state index is 12.4. The Bertz CT molecular complexity index is 914. The maximum Gasteiger partial charge on any atom is 0.273 e. The first-order valence-electron chi connectivity index (χ1n) is 6.89. The molecular formula is C17H15N3O2. The van der Waals surface area contributed by atoms with Gasteiger partial charge in [0.1, 0.15) is 11.5 Å². The van der Waals surface area contributed by atoms with E-state index in [4.69, 9.17) is 0 Å². The molecular weight excluding hydrogens is 278 g/mol. The van der Waals surface area contributed by atoms with Crippen molar-refractivity contribution in [1.29, 1.82) is 0 Å². The number of aromatic nitrogens is 2. The summed E-state index contributed by atoms with van der Waals surface area (Å²) in [6, 6.07) is 12.6. The molecule has 5 heteroatoms. The van der Waals surface area contributed by atoms with Crippen molar-refractivity contribution in [3.63, 3.8) is 0 Å². The average molecular weight is 293 g/mol. The summed E-state index contributed by atoms with van der Waals surface area (Å²) in [7, 11) is 1.59. The summed E-state index contributed by atoms with van der Waals surface area (Å²) in [6.07, 6.45) is 1.60. The molecule has 22 heavy (non-hydrogen) atoms. The quantitative estimate of drug-likeness (QED) is 0.789. The molecule has 5 nitrogen and oxygen atoms in total. The Morgan fingerprint density at radius 2 is 2.00 bits per heavy atom. The van der Waals surface area contributed by atoms with Crippen LogP contribution in [0.4, 0.5) is 5.82 Å². The number of carbonyl (C=O) groups excluding carboxylic acids is 1. The molecule has 2 heterocycles. The highest BCUT2D eigenvalue weighted by atomic mass is 16.2. The Balaban J connectivity index is 2.07. The van der Waals surface area contributed by atoms with E-state index in [1.807, 2.05) is 25.1 Å². The fourth-order valence-electron chi connectivity index (χ4n) is 2.35. The van der Waals surface area contributed by atoms with Crippen LogP contribution in [-0.4, -0.2) is 15.5 Å². The molecule has 1 N–H and O–H groups in total. The van der Waals surface area contributed by atoms with Gasteiger partial charge in [0.2, 0.25) is 0 Å². The molecule has 0 atom stereocenters. The largest absolute Gasteiger partial charge is 0.307 e. The van der Waals surface area contributed by atoms with Gasteiger partial charge in [-0.25, -0.2) is 4.98 Å². The zero-order valence-electron chi connectivity index (χ0n) is 12.3. The van der Waals surface area contributed by atoms with Crippen LogP contribution in [0.5, 0.6) is 0 Å². The van der Waals surface area contributed by atoms with Crippen LogP contribution in [0.15, 0.2) is 53.5 Å². The fraction of sp³-hybridized carbons (Fsp3) is 0.118. The number of benzene rings is 1. The van der Waals surface area contributed by atoms with Crippen molar-refractivity contribution >= 4 is 22.5 Å². The summed E-state index contributed by atoms with van der Waals surface area (Å²) in [5, 5.41) is 4.05. The molecule has 0 aliphatic carbocycles. The SMILES string of the molecule is Cc1ccc2cc(C(=O)Nc3ccccn3)n(C)c(=O)c2c1. The number of pyridine rings is 2. The molecule has 1 aromatic carbocycles. The maximum absolute atomic E-state index is 12.4. The average Bonchev–Trinajstić information content (AvgIpc) is 2.52. The van der Waals surface area contributed by atoms with E-state index in [-0.39, 0.29) is 11.5 Å². The van der Waals surface area contributed by atoms with Crippen molar-refractivity contribution in [3.8, 4) is 0 Å². The number of hydrogen-bond donors (Lipinski definition) is 1. The van der Waals surface area contributed by atoms with Crippen LogP contribution >= 0.6 is 0 Å². The van der Waals surface area contributed by atoms with Crippen LogP contribution in [0.1, 0.15) is 16.1 Å². The van der Waals surface area contributed by atoms with Crippen LogP contribution in [0.2, 0.25) is 0 Å². The Morgan fingerprint density at radius 3 is 2.73 bits per heavy atom. The van der Waals surface area contributed by atoms with Crippen LogP contribution in [0, 0.1) is 6.92 Å². The number of anilines is 1. The first-order chi connectivity index (χ1) is 10.6. The van der Waals surface area contributed by atoms with Crippen LogP contribution < -0.4 is 10.9 Å². The lowest BCUT2D eigenvalue weighted by molar-refractivity contribution is 0.101. The summed E-state index contributed by atoms with van der Waals surface area (Å²) in [5.41, 5.74) is 1.12. The predicted octanol–water partition coefficient (Wildman–Crippen LogP) is 2.49. The standard InChI is InChI=1S/C17H15N3O2/c1-11-6-7-12-10-14(20(2)17(22)13(12)9-11)16(21)19-15-5-3-4-8-18-15/h3-10H,1-2H3,(H,18,19,21). The first-order valence-corrected chi connectivity index (χ1v) is 6.89. The molecule has 0 saturated heterocycles. The van der Waals surface area contributed by atoms with E-state index in [0.717, 1.165) is 10.9 Å². The van der Waals surface area contributed by atoms with E-state index in [0.29, 0.717) is 16.9 Å². The van der Waals surface area contributed by atoms with Crippen molar-refractivity contribution in [1.82, 2.24) is 9.55 Å². The summed E-state index contributed by atoms with van der Waals surface area (Å²) >= 11 is 0. The number of nitrogens with one attached hydrogen (secondary N) is 1. The summed E-state index contributed by atoms with van der Waals surface area (Å²) < 4.78 is 1.36. The second-order valence-electron chi connectivity index (χ2n) is 5.15. The number of carbonyl (C=O) groups is 1. The first kappa shape index (κ1) is 14.0. The minimum Gasteiger partial charge on any atom is -0.307 e. The topological polar surface area (TPSA) is 64.0 Å². The Labute approximate surface area is 127 Å². The minimum atomic E-state index is -0.360. The van der Waals surface area contributed by atoms with Gasteiger partial charge in [-0.3, -0.25) is 9.59 Å². The number of amides is 1. The van der Waals surface area contributed by atoms with Gasteiger partial charge in [-0.1, -0.05) is 23.8 Å². The Hall–Kier alpha value is -2.95. The molecule has 0 fully saturated rings. The van der Waals surface area contributed by atoms with E-state index >= 15 is 0 Å². The van der Waals surface area contributed by atoms with Gasteiger partial charge in [0, 0.05) is 18.6 Å². The third kappa shape index (κ3) is 2.48. The molecule has 110 valence electrons. The van der Waals surface area contributed by atoms with Crippen molar-refractivity contribution in [2.24, 2.45) is 7.05 Å². The highest BCUT2D eigenvalue weighted by Gasteiger charge is 2.14. The molecule has 3 rings (SSSR count). The predicted molar refractivity (Wildman–Crippen MR) is 86.1 cm³/mol. The summed E-state index contributed by atoms with van der Waals surface area (Å²) in [5.74, 6) is 0.0877. The van der Waals surface area contributed by atoms with Crippen molar-refractivity contribution in [2.75, 3.05) is 5.32 Å². The number of nitrogens with zero attached hydrogens (tertiary/aromatic N) is 2. The Kier molecular flexibility index (Phi) is 3.47. The number of aryl methyl sites for hydroxylation is 1. The Morgan fingerprint density at radius 1 is 1.18 bits per heavy atom. The highest BCUT2D eigenvalue weighted by Crippen LogP contribution is 2.15. The van der Waals surface area contributed by atoms with Gasteiger partial charge in [-0.05, 0) is 36.6 Å².